The number of nitrogens with two attached hydrogens (primary N) is 1. The van der Waals surface area contributed by atoms with E-state index in [2.05, 4.69) is 5.32 Å². The molecule has 0 bridgehead atoms. The van der Waals surface area contributed by atoms with Crippen LogP contribution < -0.4 is 11.1 Å². The van der Waals surface area contributed by atoms with Gasteiger partial charge in [0.25, 0.3) is 0 Å². The average molecular weight is 232 g/mol. The molecule has 0 saturated carbocycles. The molecule has 17 heavy (non-hydrogen) atoms. The molecule has 1 heterocycles. The first-order valence-electron chi connectivity index (χ1n) is 5.68. The van der Waals surface area contributed by atoms with E-state index in [9.17, 15) is 4.79 Å². The molecule has 1 unspecified atom stereocenters. The van der Waals surface area contributed by atoms with Gasteiger partial charge >= 0.3 is 0 Å². The molecule has 0 aliphatic carbocycles. The lowest BCUT2D eigenvalue weighted by molar-refractivity contribution is -0.122. The lowest BCUT2D eigenvalue weighted by Crippen LogP contribution is -2.32. The topological polar surface area (TPSA) is 68.3 Å². The van der Waals surface area contributed by atoms with Crippen LogP contribution >= 0.6 is 0 Å². The predicted molar refractivity (Wildman–Crippen MR) is 66.7 cm³/mol. The first-order valence-corrected chi connectivity index (χ1v) is 5.68. The highest BCUT2D eigenvalue weighted by Crippen LogP contribution is 2.24. The molecule has 0 spiro atoms. The molecule has 2 rings (SSSR count). The fraction of sp³-hybridized carbons (Fsp3) is 0.308. The van der Waals surface area contributed by atoms with Crippen molar-refractivity contribution < 1.29 is 9.21 Å². The lowest BCUT2D eigenvalue weighted by atomic mass is 10.1. The minimum Gasteiger partial charge on any atom is -0.460 e. The molecule has 4 heteroatoms. The van der Waals surface area contributed by atoms with Gasteiger partial charge in [0.05, 0.1) is 5.92 Å². The molecule has 0 aliphatic heterocycles. The number of amides is 1. The quantitative estimate of drug-likeness (QED) is 0.841. The van der Waals surface area contributed by atoms with Gasteiger partial charge in [0.15, 0.2) is 0 Å². The van der Waals surface area contributed by atoms with Crippen molar-refractivity contribution in [1.29, 1.82) is 0 Å². The Labute approximate surface area is 99.8 Å². The second kappa shape index (κ2) is 5.01. The molecule has 90 valence electrons. The summed E-state index contributed by atoms with van der Waals surface area (Å²) in [6.07, 6.45) is 0. The molecule has 1 amide bonds. The van der Waals surface area contributed by atoms with E-state index >= 15 is 0 Å². The molecule has 2 aromatic rings. The van der Waals surface area contributed by atoms with Gasteiger partial charge in [0.1, 0.15) is 11.3 Å². The zero-order valence-electron chi connectivity index (χ0n) is 9.77. The van der Waals surface area contributed by atoms with Crippen LogP contribution in [0.5, 0.6) is 0 Å². The van der Waals surface area contributed by atoms with Crippen LogP contribution in [0.3, 0.4) is 0 Å². The summed E-state index contributed by atoms with van der Waals surface area (Å²) >= 11 is 0. The van der Waals surface area contributed by atoms with E-state index in [0.29, 0.717) is 18.8 Å². The van der Waals surface area contributed by atoms with Gasteiger partial charge in [-0.2, -0.15) is 0 Å². The number of hydrogen-bond acceptors (Lipinski definition) is 3. The van der Waals surface area contributed by atoms with Crippen LogP contribution in [-0.2, 0) is 4.79 Å². The summed E-state index contributed by atoms with van der Waals surface area (Å²) in [7, 11) is 0. The van der Waals surface area contributed by atoms with E-state index in [-0.39, 0.29) is 11.8 Å². The fourth-order valence-corrected chi connectivity index (χ4v) is 1.69. The number of furan rings is 1. The molecule has 1 aromatic carbocycles. The predicted octanol–water partition coefficient (Wildman–Crippen LogP) is 1.61. The Morgan fingerprint density at radius 3 is 2.94 bits per heavy atom. The van der Waals surface area contributed by atoms with Crippen molar-refractivity contribution in [3.63, 3.8) is 0 Å². The Hall–Kier alpha value is -1.81. The summed E-state index contributed by atoms with van der Waals surface area (Å²) in [5.74, 6) is 0.323. The van der Waals surface area contributed by atoms with Gasteiger partial charge in [-0.25, -0.2) is 0 Å². The Kier molecular flexibility index (Phi) is 3.44. The highest BCUT2D eigenvalue weighted by molar-refractivity contribution is 5.85. The van der Waals surface area contributed by atoms with Crippen molar-refractivity contribution in [1.82, 2.24) is 5.32 Å². The summed E-state index contributed by atoms with van der Waals surface area (Å²) in [5.41, 5.74) is 6.15. The molecule has 0 saturated heterocycles. The maximum atomic E-state index is 11.8. The summed E-state index contributed by atoms with van der Waals surface area (Å²) in [4.78, 5) is 11.8. The first kappa shape index (κ1) is 11.7. The highest BCUT2D eigenvalue weighted by atomic mass is 16.3. The maximum Gasteiger partial charge on any atom is 0.230 e. The summed E-state index contributed by atoms with van der Waals surface area (Å²) in [5, 5.41) is 3.77. The van der Waals surface area contributed by atoms with E-state index in [1.807, 2.05) is 37.3 Å². The number of benzene rings is 1. The minimum absolute atomic E-state index is 0.0606. The molecule has 3 N–H and O–H groups in total. The van der Waals surface area contributed by atoms with Gasteiger partial charge in [-0.1, -0.05) is 18.2 Å². The van der Waals surface area contributed by atoms with E-state index in [4.69, 9.17) is 10.2 Å². The van der Waals surface area contributed by atoms with E-state index in [1.54, 1.807) is 0 Å². The molecular formula is C13H16N2O2. The average Bonchev–Trinajstić information content (AvgIpc) is 2.78. The number of carbonyl (C=O) groups excluding carboxylic acids is 1. The Morgan fingerprint density at radius 2 is 2.24 bits per heavy atom. The monoisotopic (exact) mass is 232 g/mol. The Bertz CT molecular complexity index is 486. The fourth-order valence-electron chi connectivity index (χ4n) is 1.69. The molecule has 4 nitrogen and oxygen atoms in total. The van der Waals surface area contributed by atoms with Crippen molar-refractivity contribution in [2.45, 2.75) is 12.8 Å². The van der Waals surface area contributed by atoms with Crippen molar-refractivity contribution in [3.05, 3.63) is 36.1 Å². The zero-order chi connectivity index (χ0) is 12.3. The number of carbonyl (C=O) groups is 1. The van der Waals surface area contributed by atoms with Crippen molar-refractivity contribution in [3.8, 4) is 0 Å². The minimum atomic E-state index is -0.297. The first-order chi connectivity index (χ1) is 8.22. The van der Waals surface area contributed by atoms with Crippen molar-refractivity contribution in [2.24, 2.45) is 5.73 Å². The van der Waals surface area contributed by atoms with Crippen LogP contribution in [-0.4, -0.2) is 19.0 Å². The van der Waals surface area contributed by atoms with Crippen LogP contribution in [0.4, 0.5) is 0 Å². The number of nitrogens with one attached hydrogen (secondary N) is 1. The van der Waals surface area contributed by atoms with Crippen molar-refractivity contribution >= 4 is 16.9 Å². The second-order valence-electron chi connectivity index (χ2n) is 3.99. The van der Waals surface area contributed by atoms with Crippen LogP contribution in [0.2, 0.25) is 0 Å². The number of hydrogen-bond donors (Lipinski definition) is 2. The van der Waals surface area contributed by atoms with Gasteiger partial charge in [0.2, 0.25) is 5.91 Å². The molecule has 1 aromatic heterocycles. The lowest BCUT2D eigenvalue weighted by Gasteiger charge is -2.08. The molecule has 0 radical (unpaired) electrons. The van der Waals surface area contributed by atoms with Gasteiger partial charge in [-0.3, -0.25) is 4.79 Å². The number of para-hydroxylation sites is 1. The third-order valence-electron chi connectivity index (χ3n) is 2.71. The summed E-state index contributed by atoms with van der Waals surface area (Å²) in [6, 6.07) is 9.62. The normalized spacial score (nSPS) is 12.6. The molecular weight excluding hydrogens is 216 g/mol. The van der Waals surface area contributed by atoms with Crippen LogP contribution in [0.15, 0.2) is 34.7 Å². The molecule has 1 atom stereocenters. The standard InChI is InChI=1S/C13H16N2O2/c1-9(13(16)15-7-6-14)12-8-10-4-2-3-5-11(10)17-12/h2-5,8-9H,6-7,14H2,1H3,(H,15,16). The number of rotatable bonds is 4. The molecule has 0 aliphatic rings. The molecule has 0 fully saturated rings. The largest absolute Gasteiger partial charge is 0.460 e. The third-order valence-corrected chi connectivity index (χ3v) is 2.71. The van der Waals surface area contributed by atoms with Gasteiger partial charge < -0.3 is 15.5 Å². The van der Waals surface area contributed by atoms with Crippen LogP contribution in [0.25, 0.3) is 11.0 Å². The summed E-state index contributed by atoms with van der Waals surface area (Å²) < 4.78 is 5.64. The zero-order valence-corrected chi connectivity index (χ0v) is 9.77. The summed E-state index contributed by atoms with van der Waals surface area (Å²) in [6.45, 7) is 2.76. The van der Waals surface area contributed by atoms with Gasteiger partial charge in [0, 0.05) is 18.5 Å². The van der Waals surface area contributed by atoms with Gasteiger partial charge in [-0.15, -0.1) is 0 Å². The van der Waals surface area contributed by atoms with Crippen molar-refractivity contribution in [2.75, 3.05) is 13.1 Å². The smallest absolute Gasteiger partial charge is 0.230 e. The van der Waals surface area contributed by atoms with Gasteiger partial charge in [-0.05, 0) is 19.1 Å². The second-order valence-corrected chi connectivity index (χ2v) is 3.99. The SMILES string of the molecule is CC(C(=O)NCCN)c1cc2ccccc2o1. The third kappa shape index (κ3) is 2.47. The Balaban J connectivity index is 2.18. The van der Waals surface area contributed by atoms with Crippen LogP contribution in [0, 0.1) is 0 Å². The number of fused-ring (bicyclic) bond motifs is 1. The van der Waals surface area contributed by atoms with Crippen LogP contribution in [0.1, 0.15) is 18.6 Å². The van der Waals surface area contributed by atoms with E-state index in [1.165, 1.54) is 0 Å². The highest BCUT2D eigenvalue weighted by Gasteiger charge is 2.18. The Morgan fingerprint density at radius 1 is 1.47 bits per heavy atom. The van der Waals surface area contributed by atoms with E-state index in [0.717, 1.165) is 11.0 Å². The maximum absolute atomic E-state index is 11.8. The van der Waals surface area contributed by atoms with E-state index < -0.39 is 0 Å².